The third-order valence-corrected chi connectivity index (χ3v) is 6.69. The van der Waals surface area contributed by atoms with Crippen LogP contribution >= 0.6 is 0 Å². The van der Waals surface area contributed by atoms with E-state index in [4.69, 9.17) is 9.47 Å². The van der Waals surface area contributed by atoms with E-state index in [0.29, 0.717) is 29.8 Å². The SMILES string of the molecule is C[C@@H]1[C@H](C)CCC[C@@H]1NC(=O)CN1C(=O)N[C@](C)(Cc2ccc3c(c2)OCO3)C1=O. The maximum atomic E-state index is 13.0. The number of ether oxygens (including phenoxy) is 2. The molecule has 1 saturated heterocycles. The van der Waals surface area contributed by atoms with Crippen LogP contribution in [0.3, 0.4) is 0 Å². The number of benzene rings is 1. The van der Waals surface area contributed by atoms with Crippen LogP contribution < -0.4 is 20.1 Å². The topological polar surface area (TPSA) is 97.0 Å². The minimum atomic E-state index is -1.11. The molecule has 30 heavy (non-hydrogen) atoms. The highest BCUT2D eigenvalue weighted by Gasteiger charge is 2.48. The molecule has 0 unspecified atom stereocenters. The lowest BCUT2D eigenvalue weighted by molar-refractivity contribution is -0.135. The van der Waals surface area contributed by atoms with Gasteiger partial charge in [-0.15, -0.1) is 0 Å². The second kappa shape index (κ2) is 7.81. The number of nitrogens with one attached hydrogen (secondary N) is 2. The zero-order valence-electron chi connectivity index (χ0n) is 17.7. The lowest BCUT2D eigenvalue weighted by Gasteiger charge is -2.34. The molecule has 8 heteroatoms. The summed E-state index contributed by atoms with van der Waals surface area (Å²) in [5.74, 6) is 1.52. The Morgan fingerprint density at radius 1 is 1.23 bits per heavy atom. The van der Waals surface area contributed by atoms with E-state index < -0.39 is 17.5 Å². The summed E-state index contributed by atoms with van der Waals surface area (Å²) in [5.41, 5.74) is -0.274. The number of carbonyl (C=O) groups excluding carboxylic acids is 3. The molecule has 2 aliphatic heterocycles. The van der Waals surface area contributed by atoms with Crippen molar-refractivity contribution in [2.45, 2.75) is 58.0 Å². The molecule has 4 rings (SSSR count). The van der Waals surface area contributed by atoms with E-state index in [1.807, 2.05) is 12.1 Å². The van der Waals surface area contributed by atoms with E-state index in [0.717, 1.165) is 23.3 Å². The number of hydrogen-bond acceptors (Lipinski definition) is 5. The van der Waals surface area contributed by atoms with Gasteiger partial charge in [-0.3, -0.25) is 14.5 Å². The van der Waals surface area contributed by atoms with Crippen LogP contribution in [-0.2, 0) is 16.0 Å². The summed E-state index contributed by atoms with van der Waals surface area (Å²) < 4.78 is 10.7. The fraction of sp³-hybridized carbons (Fsp3) is 0.591. The summed E-state index contributed by atoms with van der Waals surface area (Å²) >= 11 is 0. The molecule has 3 aliphatic rings. The molecule has 2 fully saturated rings. The highest BCUT2D eigenvalue weighted by Crippen LogP contribution is 2.34. The minimum absolute atomic E-state index is 0.0852. The summed E-state index contributed by atoms with van der Waals surface area (Å²) in [6.45, 7) is 5.93. The third-order valence-electron chi connectivity index (χ3n) is 6.69. The van der Waals surface area contributed by atoms with Crippen LogP contribution in [-0.4, -0.2) is 47.7 Å². The van der Waals surface area contributed by atoms with Gasteiger partial charge in [0.25, 0.3) is 5.91 Å². The van der Waals surface area contributed by atoms with Crippen LogP contribution in [0.5, 0.6) is 11.5 Å². The first-order valence-electron chi connectivity index (χ1n) is 10.6. The van der Waals surface area contributed by atoms with Gasteiger partial charge in [0.2, 0.25) is 12.7 Å². The number of amides is 4. The van der Waals surface area contributed by atoms with Crippen LogP contribution in [0.1, 0.15) is 45.6 Å². The standard InChI is InChI=1S/C22H29N3O5/c1-13-5-4-6-16(14(13)2)23-19(26)11-25-20(27)22(3,24-21(25)28)10-15-7-8-17-18(9-15)30-12-29-17/h7-9,13-14,16H,4-6,10-12H2,1-3H3,(H,23,26)(H,24,28)/t13-,14-,16+,22-/m1/s1. The molecule has 1 saturated carbocycles. The van der Waals surface area contributed by atoms with Gasteiger partial charge in [-0.25, -0.2) is 4.79 Å². The van der Waals surface area contributed by atoms with Crippen LogP contribution in [0, 0.1) is 11.8 Å². The van der Waals surface area contributed by atoms with E-state index in [2.05, 4.69) is 24.5 Å². The number of urea groups is 1. The Morgan fingerprint density at radius 2 is 2.00 bits per heavy atom. The molecule has 4 amide bonds. The van der Waals surface area contributed by atoms with E-state index in [1.54, 1.807) is 13.0 Å². The first-order chi connectivity index (χ1) is 14.3. The Morgan fingerprint density at radius 3 is 2.80 bits per heavy atom. The van der Waals surface area contributed by atoms with Crippen molar-refractivity contribution in [3.63, 3.8) is 0 Å². The molecule has 4 atom stereocenters. The lowest BCUT2D eigenvalue weighted by atomic mass is 9.78. The van der Waals surface area contributed by atoms with Gasteiger partial charge in [-0.1, -0.05) is 32.8 Å². The van der Waals surface area contributed by atoms with Gasteiger partial charge in [0.05, 0.1) is 0 Å². The van der Waals surface area contributed by atoms with Gasteiger partial charge in [0.1, 0.15) is 12.1 Å². The van der Waals surface area contributed by atoms with Crippen molar-refractivity contribution in [2.24, 2.45) is 11.8 Å². The van der Waals surface area contributed by atoms with Gasteiger partial charge in [0.15, 0.2) is 11.5 Å². The predicted molar refractivity (Wildman–Crippen MR) is 109 cm³/mol. The largest absolute Gasteiger partial charge is 0.454 e. The normalized spacial score (nSPS) is 30.4. The summed E-state index contributed by atoms with van der Waals surface area (Å²) in [4.78, 5) is 39.1. The predicted octanol–water partition coefficient (Wildman–Crippen LogP) is 2.21. The average Bonchev–Trinajstić information content (AvgIpc) is 3.23. The fourth-order valence-electron chi connectivity index (χ4n) is 4.65. The maximum absolute atomic E-state index is 13.0. The lowest BCUT2D eigenvalue weighted by Crippen LogP contribution is -2.49. The zero-order valence-corrected chi connectivity index (χ0v) is 17.7. The monoisotopic (exact) mass is 415 g/mol. The summed E-state index contributed by atoms with van der Waals surface area (Å²) in [6.07, 6.45) is 3.47. The third kappa shape index (κ3) is 3.82. The average molecular weight is 415 g/mol. The Balaban J connectivity index is 1.40. The van der Waals surface area contributed by atoms with E-state index >= 15 is 0 Å². The van der Waals surface area contributed by atoms with Gasteiger partial charge in [0, 0.05) is 12.5 Å². The summed E-state index contributed by atoms with van der Waals surface area (Å²) in [5, 5.41) is 5.79. The Kier molecular flexibility index (Phi) is 5.34. The second-order valence-electron chi connectivity index (χ2n) is 8.96. The fourth-order valence-corrected chi connectivity index (χ4v) is 4.65. The van der Waals surface area contributed by atoms with Gasteiger partial charge in [-0.2, -0.15) is 0 Å². The van der Waals surface area contributed by atoms with Crippen molar-refractivity contribution in [3.05, 3.63) is 23.8 Å². The highest BCUT2D eigenvalue weighted by atomic mass is 16.7. The molecule has 0 bridgehead atoms. The van der Waals surface area contributed by atoms with Crippen LogP contribution in [0.25, 0.3) is 0 Å². The molecule has 1 aromatic rings. The first-order valence-corrected chi connectivity index (χ1v) is 10.6. The number of imide groups is 1. The Bertz CT molecular complexity index is 872. The van der Waals surface area contributed by atoms with Crippen molar-refractivity contribution in [1.82, 2.24) is 15.5 Å². The van der Waals surface area contributed by atoms with E-state index in [1.165, 1.54) is 6.42 Å². The smallest absolute Gasteiger partial charge is 0.325 e. The van der Waals surface area contributed by atoms with Crippen LogP contribution in [0.2, 0.25) is 0 Å². The number of nitrogens with zero attached hydrogens (tertiary/aromatic N) is 1. The van der Waals surface area contributed by atoms with Crippen molar-refractivity contribution in [2.75, 3.05) is 13.3 Å². The molecule has 0 radical (unpaired) electrons. The van der Waals surface area contributed by atoms with Gasteiger partial charge >= 0.3 is 6.03 Å². The van der Waals surface area contributed by atoms with Crippen LogP contribution in [0.15, 0.2) is 18.2 Å². The molecular weight excluding hydrogens is 386 g/mol. The number of carbonyl (C=O) groups is 3. The van der Waals surface area contributed by atoms with E-state index in [-0.39, 0.29) is 25.3 Å². The molecule has 1 aliphatic carbocycles. The molecule has 2 heterocycles. The Hall–Kier alpha value is -2.77. The quantitative estimate of drug-likeness (QED) is 0.719. The molecule has 0 spiro atoms. The molecule has 8 nitrogen and oxygen atoms in total. The van der Waals surface area contributed by atoms with Gasteiger partial charge in [-0.05, 0) is 42.9 Å². The highest BCUT2D eigenvalue weighted by molar-refractivity contribution is 6.09. The van der Waals surface area contributed by atoms with Crippen molar-refractivity contribution >= 4 is 17.8 Å². The number of hydrogen-bond donors (Lipinski definition) is 2. The van der Waals surface area contributed by atoms with Gasteiger partial charge < -0.3 is 20.1 Å². The molecule has 1 aromatic carbocycles. The first kappa shape index (κ1) is 20.5. The molecular formula is C22H29N3O5. The van der Waals surface area contributed by atoms with E-state index in [9.17, 15) is 14.4 Å². The molecule has 0 aromatic heterocycles. The number of rotatable bonds is 5. The second-order valence-corrected chi connectivity index (χ2v) is 8.96. The van der Waals surface area contributed by atoms with Crippen molar-refractivity contribution in [1.29, 1.82) is 0 Å². The zero-order chi connectivity index (χ0) is 21.5. The summed E-state index contributed by atoms with van der Waals surface area (Å²) in [6, 6.07) is 5.00. The van der Waals surface area contributed by atoms with Crippen molar-refractivity contribution in [3.8, 4) is 11.5 Å². The maximum Gasteiger partial charge on any atom is 0.325 e. The van der Waals surface area contributed by atoms with Crippen LogP contribution in [0.4, 0.5) is 4.79 Å². The molecule has 162 valence electrons. The summed E-state index contributed by atoms with van der Waals surface area (Å²) in [7, 11) is 0. The Labute approximate surface area is 176 Å². The minimum Gasteiger partial charge on any atom is -0.454 e. The molecule has 2 N–H and O–H groups in total. The number of fused-ring (bicyclic) bond motifs is 1. The van der Waals surface area contributed by atoms with Crippen molar-refractivity contribution < 1.29 is 23.9 Å².